The van der Waals surface area contributed by atoms with Gasteiger partial charge in [0.05, 0.1) is 16.9 Å². The molecule has 1 aliphatic rings. The minimum atomic E-state index is -0.699. The Balaban J connectivity index is 1.46. The van der Waals surface area contributed by atoms with E-state index in [0.29, 0.717) is 27.2 Å². The quantitative estimate of drug-likeness (QED) is 0.265. The number of carbonyl (C=O) groups excluding carboxylic acids is 3. The van der Waals surface area contributed by atoms with Crippen LogP contribution in [0.3, 0.4) is 0 Å². The first-order chi connectivity index (χ1) is 19.0. The average molecular weight is 582 g/mol. The fourth-order valence-electron chi connectivity index (χ4n) is 4.21. The van der Waals surface area contributed by atoms with Gasteiger partial charge in [-0.25, -0.2) is 9.97 Å². The third kappa shape index (κ3) is 6.55. The van der Waals surface area contributed by atoms with Crippen molar-refractivity contribution in [1.29, 1.82) is 0 Å². The third-order valence-corrected chi connectivity index (χ3v) is 8.53. The van der Waals surface area contributed by atoms with Crippen LogP contribution in [-0.4, -0.2) is 66.2 Å². The van der Waals surface area contributed by atoms with Gasteiger partial charge in [0.25, 0.3) is 11.8 Å². The fourth-order valence-corrected chi connectivity index (χ4v) is 5.31. The van der Waals surface area contributed by atoms with Gasteiger partial charge >= 0.3 is 0 Å². The lowest BCUT2D eigenvalue weighted by Crippen LogP contribution is -2.42. The molecule has 1 aromatic heterocycles. The van der Waals surface area contributed by atoms with Crippen molar-refractivity contribution in [2.45, 2.75) is 29.7 Å². The molecule has 0 bridgehead atoms. The van der Waals surface area contributed by atoms with Crippen LogP contribution in [0.2, 0.25) is 5.02 Å². The lowest BCUT2D eigenvalue weighted by atomic mass is 9.80. The summed E-state index contributed by atoms with van der Waals surface area (Å²) in [6.45, 7) is 4.54. The Morgan fingerprint density at radius 1 is 1.12 bits per heavy atom. The molecule has 2 aromatic carbocycles. The number of nitrogens with zero attached hydrogens (tertiary/aromatic N) is 4. The zero-order chi connectivity index (χ0) is 29.0. The highest BCUT2D eigenvalue weighted by Gasteiger charge is 2.29. The number of nitrogen functional groups attached to an aromatic ring is 1. The molecule has 40 heavy (non-hydrogen) atoms. The van der Waals surface area contributed by atoms with E-state index in [9.17, 15) is 14.4 Å². The highest BCUT2D eigenvalue weighted by Crippen LogP contribution is 2.39. The van der Waals surface area contributed by atoms with E-state index in [1.165, 1.54) is 42.9 Å². The van der Waals surface area contributed by atoms with Gasteiger partial charge in [-0.3, -0.25) is 14.4 Å². The number of amides is 2. The summed E-state index contributed by atoms with van der Waals surface area (Å²) < 4.78 is 0. The molecule has 2 amide bonds. The predicted octanol–water partition coefficient (Wildman–Crippen LogP) is 3.95. The number of aromatic nitrogens is 2. The molecule has 12 heteroatoms. The van der Waals surface area contributed by atoms with Crippen LogP contribution in [0, 0.1) is 5.41 Å². The smallest absolute Gasteiger partial charge is 0.294 e. The van der Waals surface area contributed by atoms with Gasteiger partial charge in [0.2, 0.25) is 5.78 Å². The van der Waals surface area contributed by atoms with Gasteiger partial charge in [0.15, 0.2) is 5.82 Å². The van der Waals surface area contributed by atoms with Crippen molar-refractivity contribution < 1.29 is 14.4 Å². The Labute approximate surface area is 242 Å². The summed E-state index contributed by atoms with van der Waals surface area (Å²) in [5.74, 6) is -0.844. The number of rotatable bonds is 8. The number of hydrogen-bond donors (Lipinski definition) is 3. The number of nitrogens with one attached hydrogen (secondary N) is 1. The monoisotopic (exact) mass is 581 g/mol. The minimum absolute atomic E-state index is 0.122. The Kier molecular flexibility index (Phi) is 8.97. The van der Waals surface area contributed by atoms with Crippen LogP contribution in [0.15, 0.2) is 58.6 Å². The number of Topliss-reactive ketones (excluding diaryl/α,β-unsaturated/α-hetero) is 1. The molecule has 0 atom stereocenters. The number of halogens is 1. The number of anilines is 3. The van der Waals surface area contributed by atoms with Gasteiger partial charge in [0, 0.05) is 43.2 Å². The Hall–Kier alpha value is -3.67. The summed E-state index contributed by atoms with van der Waals surface area (Å²) in [6, 6.07) is 11.2. The molecule has 1 aliphatic heterocycles. The Morgan fingerprint density at radius 2 is 1.80 bits per heavy atom. The van der Waals surface area contributed by atoms with Crippen molar-refractivity contribution in [3.05, 3.63) is 64.8 Å². The maximum Gasteiger partial charge on any atom is 0.294 e. The molecule has 1 saturated heterocycles. The molecule has 4 rings (SSSR count). The van der Waals surface area contributed by atoms with Crippen molar-refractivity contribution in [3.63, 3.8) is 0 Å². The molecule has 0 spiro atoms. The molecule has 210 valence electrons. The van der Waals surface area contributed by atoms with Crippen LogP contribution in [0.5, 0.6) is 0 Å². The van der Waals surface area contributed by atoms with E-state index >= 15 is 0 Å². The second kappa shape index (κ2) is 12.2. The molecular formula is C28H32ClN7O3S. The van der Waals surface area contributed by atoms with Crippen molar-refractivity contribution in [3.8, 4) is 0 Å². The topological polar surface area (TPSA) is 148 Å². The largest absolute Gasteiger partial charge is 0.381 e. The molecule has 3 aromatic rings. The van der Waals surface area contributed by atoms with E-state index in [1.54, 1.807) is 36.5 Å². The number of carbonyl (C=O) groups is 3. The van der Waals surface area contributed by atoms with Gasteiger partial charge in [-0.1, -0.05) is 48.5 Å². The van der Waals surface area contributed by atoms with Gasteiger partial charge in [0.1, 0.15) is 10.8 Å². The number of ketones is 1. The molecule has 10 nitrogen and oxygen atoms in total. The maximum atomic E-state index is 13.0. The van der Waals surface area contributed by atoms with E-state index in [4.69, 9.17) is 23.1 Å². The highest BCUT2D eigenvalue weighted by molar-refractivity contribution is 7.99. The van der Waals surface area contributed by atoms with Crippen molar-refractivity contribution in [2.75, 3.05) is 49.7 Å². The standard InChI is InChI=1S/C28H32ClN7O3S/c1-28(16-30)10-12-36(13-11-28)21-15-32-26(24(31)34-21)40-20-9-5-8-19(22(20)29)33-25(38)18-7-4-6-17(14-18)23(37)27(39)35(2)3/h4-9,14-15H,10-13,16,30H2,1-3H3,(H2,31,34)(H,33,38). The lowest BCUT2D eigenvalue weighted by molar-refractivity contribution is -0.124. The zero-order valence-electron chi connectivity index (χ0n) is 22.6. The van der Waals surface area contributed by atoms with Gasteiger partial charge < -0.3 is 26.6 Å². The summed E-state index contributed by atoms with van der Waals surface area (Å²) in [4.78, 5) is 50.5. The van der Waals surface area contributed by atoms with Gasteiger partial charge in [-0.15, -0.1) is 0 Å². The van der Waals surface area contributed by atoms with Crippen molar-refractivity contribution in [2.24, 2.45) is 11.1 Å². The summed E-state index contributed by atoms with van der Waals surface area (Å²) in [5.41, 5.74) is 13.0. The van der Waals surface area contributed by atoms with E-state index in [-0.39, 0.29) is 22.4 Å². The SMILES string of the molecule is CN(C)C(=O)C(=O)c1cccc(C(=O)Nc2cccc(Sc3ncc(N4CCC(C)(CN)CC4)nc3N)c2Cl)c1. The molecule has 0 radical (unpaired) electrons. The summed E-state index contributed by atoms with van der Waals surface area (Å²) >= 11 is 7.89. The van der Waals surface area contributed by atoms with Crippen LogP contribution in [0.1, 0.15) is 40.5 Å². The second-order valence-electron chi connectivity index (χ2n) is 10.2. The molecule has 2 heterocycles. The van der Waals surface area contributed by atoms with E-state index in [2.05, 4.69) is 27.1 Å². The molecule has 5 N–H and O–H groups in total. The first-order valence-electron chi connectivity index (χ1n) is 12.7. The second-order valence-corrected chi connectivity index (χ2v) is 11.6. The Bertz CT molecular complexity index is 1440. The molecular weight excluding hydrogens is 550 g/mol. The zero-order valence-corrected chi connectivity index (χ0v) is 24.2. The first-order valence-corrected chi connectivity index (χ1v) is 13.9. The number of piperidine rings is 1. The van der Waals surface area contributed by atoms with E-state index in [0.717, 1.165) is 31.7 Å². The van der Waals surface area contributed by atoms with Crippen LogP contribution in [0.25, 0.3) is 0 Å². The number of nitrogens with two attached hydrogens (primary N) is 2. The lowest BCUT2D eigenvalue weighted by Gasteiger charge is -2.39. The molecule has 0 aliphatic carbocycles. The number of likely N-dealkylation sites (N-methyl/N-ethyl adjacent to an activating group) is 1. The van der Waals surface area contributed by atoms with Crippen molar-refractivity contribution in [1.82, 2.24) is 14.9 Å². The molecule has 0 unspecified atom stereocenters. The highest BCUT2D eigenvalue weighted by atomic mass is 35.5. The third-order valence-electron chi connectivity index (χ3n) is 6.94. The maximum absolute atomic E-state index is 13.0. The minimum Gasteiger partial charge on any atom is -0.381 e. The van der Waals surface area contributed by atoms with Crippen molar-refractivity contribution >= 4 is 58.3 Å². The number of hydrogen-bond acceptors (Lipinski definition) is 9. The van der Waals surface area contributed by atoms with Crippen LogP contribution in [-0.2, 0) is 4.79 Å². The van der Waals surface area contributed by atoms with E-state index in [1.807, 2.05) is 0 Å². The molecule has 0 saturated carbocycles. The summed E-state index contributed by atoms with van der Waals surface area (Å²) in [5, 5.41) is 3.57. The first kappa shape index (κ1) is 29.3. The van der Waals surface area contributed by atoms with Crippen LogP contribution in [0.4, 0.5) is 17.3 Å². The Morgan fingerprint density at radius 3 is 2.45 bits per heavy atom. The van der Waals surface area contributed by atoms with Crippen LogP contribution >= 0.6 is 23.4 Å². The normalized spacial score (nSPS) is 14.5. The predicted molar refractivity (Wildman–Crippen MR) is 158 cm³/mol. The fraction of sp³-hybridized carbons (Fsp3) is 0.321. The van der Waals surface area contributed by atoms with E-state index < -0.39 is 17.6 Å². The van der Waals surface area contributed by atoms with Crippen LogP contribution < -0.4 is 21.7 Å². The summed E-state index contributed by atoms with van der Waals surface area (Å²) in [6.07, 6.45) is 3.66. The number of benzene rings is 2. The molecule has 1 fully saturated rings. The van der Waals surface area contributed by atoms with Gasteiger partial charge in [-0.05, 0) is 49.1 Å². The van der Waals surface area contributed by atoms with Gasteiger partial charge in [-0.2, -0.15) is 0 Å². The summed E-state index contributed by atoms with van der Waals surface area (Å²) in [7, 11) is 2.98. The average Bonchev–Trinajstić information content (AvgIpc) is 2.95.